The van der Waals surface area contributed by atoms with Gasteiger partial charge in [0.15, 0.2) is 0 Å². The molecule has 0 bridgehead atoms. The number of carbonyl (C=O) groups is 2. The number of nitrogens with one attached hydrogen (secondary N) is 3. The first-order valence-electron chi connectivity index (χ1n) is 8.30. The predicted molar refractivity (Wildman–Crippen MR) is 104 cm³/mol. The zero-order valence-electron chi connectivity index (χ0n) is 15.5. The summed E-state index contributed by atoms with van der Waals surface area (Å²) in [7, 11) is 0. The minimum atomic E-state index is -0.409. The van der Waals surface area contributed by atoms with Crippen molar-refractivity contribution in [2.75, 3.05) is 19.8 Å². The first-order valence-corrected chi connectivity index (χ1v) is 8.30. The number of ether oxygens (including phenoxy) is 2. The van der Waals surface area contributed by atoms with Crippen molar-refractivity contribution in [3.63, 3.8) is 0 Å². The van der Waals surface area contributed by atoms with Crippen molar-refractivity contribution in [3.05, 3.63) is 94.9 Å². The predicted octanol–water partition coefficient (Wildman–Crippen LogP) is 4.68. The van der Waals surface area contributed by atoms with Crippen LogP contribution < -0.4 is 0 Å². The van der Waals surface area contributed by atoms with Gasteiger partial charge in [-0.25, -0.2) is 9.59 Å². The molecule has 0 aliphatic carbocycles. The second-order valence-corrected chi connectivity index (χ2v) is 5.27. The summed E-state index contributed by atoms with van der Waals surface area (Å²) in [4.78, 5) is 22.4. The van der Waals surface area contributed by atoms with Gasteiger partial charge in [0.2, 0.25) is 0 Å². The molecule has 0 amide bonds. The Labute approximate surface area is 189 Å². The molecule has 0 spiro atoms. The molecule has 0 heterocycles. The first kappa shape index (κ1) is 26.3. The van der Waals surface area contributed by atoms with E-state index in [4.69, 9.17) is 26.7 Å². The molecule has 0 saturated heterocycles. The van der Waals surface area contributed by atoms with E-state index in [1.807, 2.05) is 0 Å². The summed E-state index contributed by atoms with van der Waals surface area (Å²) in [5, 5.41) is 0. The Morgan fingerprint density at radius 3 is 1.46 bits per heavy atom. The van der Waals surface area contributed by atoms with Crippen LogP contribution in [-0.4, -0.2) is 31.7 Å². The molecule has 2 rings (SSSR count). The van der Waals surface area contributed by atoms with Gasteiger partial charge in [-0.05, 0) is 30.9 Å². The average Bonchev–Trinajstić information content (AvgIpc) is 2.72. The molecular weight excluding hydrogens is 584 g/mol. The number of carbonyl (C=O) groups excluding carboxylic acids is 2. The van der Waals surface area contributed by atoms with E-state index >= 15 is 0 Å². The molecule has 2 aromatic rings. The van der Waals surface area contributed by atoms with Gasteiger partial charge in [-0.2, -0.15) is 0 Å². The number of rotatable bonds is 7. The zero-order chi connectivity index (χ0) is 20.1. The summed E-state index contributed by atoms with van der Waals surface area (Å²) in [5.74, 6) is -0.777. The smallest absolute Gasteiger partial charge is 0.675 e. The summed E-state index contributed by atoms with van der Waals surface area (Å²) in [6.45, 7) is 4.19. The molecule has 0 aliphatic heterocycles. The van der Waals surface area contributed by atoms with Gasteiger partial charge in [0.1, 0.15) is 0 Å². The van der Waals surface area contributed by atoms with Gasteiger partial charge in [-0.3, -0.25) is 0 Å². The van der Waals surface area contributed by atoms with Crippen LogP contribution >= 0.6 is 0 Å². The van der Waals surface area contributed by atoms with E-state index in [9.17, 15) is 9.59 Å². The van der Waals surface area contributed by atoms with E-state index < -0.39 is 5.97 Å². The van der Waals surface area contributed by atoms with Crippen LogP contribution in [-0.2, 0) is 22.6 Å². The fourth-order valence-corrected chi connectivity index (χ4v) is 1.92. The van der Waals surface area contributed by atoms with Crippen LogP contribution in [0.2, 0.25) is 0 Å². The molecule has 2 aromatic carbocycles. The standard InChI is InChI=1S/C10H12N2O2.C10H11NO2.U/c11-5-6-14-10(13)9-3-1-8(7-12)2-4-9;1-2-13-10(12)9-5-3-8(7-11)4-6-9;/h1-4,11-12H,5-7H2;3-6,11H,1-2,7H2;/q2*-2;+2. The topological polar surface area (TPSA) is 124 Å². The van der Waals surface area contributed by atoms with Crippen LogP contribution in [0.25, 0.3) is 17.2 Å². The Morgan fingerprint density at radius 2 is 1.14 bits per heavy atom. The molecule has 8 heteroatoms. The fourth-order valence-electron chi connectivity index (χ4n) is 1.92. The van der Waals surface area contributed by atoms with E-state index in [0.717, 1.165) is 11.1 Å². The molecule has 28 heavy (non-hydrogen) atoms. The Morgan fingerprint density at radius 1 is 0.750 bits per heavy atom. The zero-order valence-corrected chi connectivity index (χ0v) is 19.7. The van der Waals surface area contributed by atoms with Gasteiger partial charge < -0.3 is 33.6 Å². The molecule has 0 unspecified atom stereocenters. The molecular formula is C20H23N3O4U-2. The molecule has 0 aromatic heterocycles. The van der Waals surface area contributed by atoms with Gasteiger partial charge in [0.25, 0.3) is 0 Å². The van der Waals surface area contributed by atoms with E-state index in [-0.39, 0.29) is 69.9 Å². The Hall–Kier alpha value is -1.69. The van der Waals surface area contributed by atoms with Crippen LogP contribution in [0.1, 0.15) is 31.8 Å². The third kappa shape index (κ3) is 9.49. The monoisotopic (exact) mass is 607 g/mol. The van der Waals surface area contributed by atoms with Crippen molar-refractivity contribution in [3.8, 4) is 0 Å². The third-order valence-electron chi connectivity index (χ3n) is 3.36. The Bertz CT molecular complexity index is 706. The molecule has 7 nitrogen and oxygen atoms in total. The molecule has 0 radical (unpaired) electrons. The molecule has 3 N–H and O–H groups in total. The summed E-state index contributed by atoms with van der Waals surface area (Å²) < 4.78 is 9.48. The van der Waals surface area contributed by atoms with Crippen LogP contribution in [0.15, 0.2) is 48.5 Å². The van der Waals surface area contributed by atoms with Gasteiger partial charge >= 0.3 is 43.1 Å². The van der Waals surface area contributed by atoms with Crippen molar-refractivity contribution in [1.82, 2.24) is 0 Å². The van der Waals surface area contributed by atoms with Gasteiger partial charge in [-0.15, -0.1) is 19.6 Å². The molecule has 0 atom stereocenters. The Kier molecular flexibility index (Phi) is 14.3. The van der Waals surface area contributed by atoms with Crippen molar-refractivity contribution >= 4 is 11.9 Å². The third-order valence-corrected chi connectivity index (χ3v) is 3.36. The van der Waals surface area contributed by atoms with Crippen molar-refractivity contribution in [2.45, 2.75) is 13.1 Å². The van der Waals surface area contributed by atoms with Crippen LogP contribution in [0.5, 0.6) is 0 Å². The maximum atomic E-state index is 11.3. The molecule has 0 saturated carbocycles. The maximum Gasteiger partial charge on any atom is 2.00 e. The van der Waals surface area contributed by atoms with Crippen molar-refractivity contribution < 1.29 is 50.2 Å². The van der Waals surface area contributed by atoms with Gasteiger partial charge in [0, 0.05) is 0 Å². The van der Waals surface area contributed by atoms with Crippen molar-refractivity contribution in [2.24, 2.45) is 0 Å². The van der Waals surface area contributed by atoms with Crippen molar-refractivity contribution in [1.29, 1.82) is 0 Å². The summed E-state index contributed by atoms with van der Waals surface area (Å²) in [5.41, 5.74) is 23.7. The fraction of sp³-hybridized carbons (Fsp3) is 0.250. The second-order valence-electron chi connectivity index (χ2n) is 5.27. The minimum Gasteiger partial charge on any atom is -0.675 e. The van der Waals surface area contributed by atoms with Crippen LogP contribution in [0, 0.1) is 38.0 Å². The number of hydrogen-bond donors (Lipinski definition) is 0. The number of esters is 2. The summed E-state index contributed by atoms with van der Waals surface area (Å²) in [6, 6.07) is 13.5. The minimum absolute atomic E-state index is 0. The van der Waals surface area contributed by atoms with Crippen LogP contribution in [0.3, 0.4) is 0 Å². The SMILES string of the molecule is [CH2-]COC(=O)c1ccc(C[NH-])cc1.[NH-]CCOC(=O)c1ccc(C[NH-])cc1.[U+2]. The largest absolute Gasteiger partial charge is 2.00 e. The quantitative estimate of drug-likeness (QED) is 0.335. The molecule has 0 fully saturated rings. The molecule has 148 valence electrons. The van der Waals surface area contributed by atoms with E-state index in [2.05, 4.69) is 6.92 Å². The first-order chi connectivity index (χ1) is 13.0. The van der Waals surface area contributed by atoms with E-state index in [0.29, 0.717) is 11.1 Å². The van der Waals surface area contributed by atoms with Crippen LogP contribution in [0.4, 0.5) is 0 Å². The average molecular weight is 607 g/mol. The molecule has 0 aliphatic rings. The number of hydrogen-bond acceptors (Lipinski definition) is 4. The van der Waals surface area contributed by atoms with Gasteiger partial charge in [-0.1, -0.05) is 35.4 Å². The summed E-state index contributed by atoms with van der Waals surface area (Å²) in [6.07, 6.45) is 0. The van der Waals surface area contributed by atoms with E-state index in [1.165, 1.54) is 0 Å². The normalized spacial score (nSPS) is 9.43. The maximum absolute atomic E-state index is 11.3. The van der Waals surface area contributed by atoms with Gasteiger partial charge in [0.05, 0.1) is 17.7 Å². The summed E-state index contributed by atoms with van der Waals surface area (Å²) >= 11 is 0. The van der Waals surface area contributed by atoms with E-state index in [1.54, 1.807) is 48.5 Å². The number of benzene rings is 2. The second kappa shape index (κ2) is 15.3. The Balaban J connectivity index is 0.000000504.